The maximum Gasteiger partial charge on any atom is 0.207 e. The van der Waals surface area contributed by atoms with E-state index >= 15 is 0 Å². The van der Waals surface area contributed by atoms with Gasteiger partial charge in [-0.2, -0.15) is 0 Å². The molecule has 0 saturated heterocycles. The van der Waals surface area contributed by atoms with Gasteiger partial charge in [-0.15, -0.1) is 0 Å². The van der Waals surface area contributed by atoms with Crippen molar-refractivity contribution in [1.82, 2.24) is 10.3 Å². The van der Waals surface area contributed by atoms with Gasteiger partial charge in [-0.1, -0.05) is 20.8 Å². The first kappa shape index (κ1) is 11.7. The molecule has 0 spiro atoms. The molecule has 1 heterocycles. The normalized spacial score (nSPS) is 10.4. The second-order valence-electron chi connectivity index (χ2n) is 3.88. The Balaban J connectivity index is 2.96. The van der Waals surface area contributed by atoms with Gasteiger partial charge in [-0.25, -0.2) is 0 Å². The molecule has 0 bridgehead atoms. The molecule has 1 amide bonds. The van der Waals surface area contributed by atoms with Crippen molar-refractivity contribution in [3.05, 3.63) is 29.1 Å². The molecule has 0 aliphatic heterocycles. The van der Waals surface area contributed by atoms with Gasteiger partial charge in [0.05, 0.1) is 0 Å². The highest BCUT2D eigenvalue weighted by Gasteiger charge is 2.06. The average Bonchev–Trinajstić information content (AvgIpc) is 2.25. The fraction of sp³-hybridized carbons (Fsp3) is 0.500. The van der Waals surface area contributed by atoms with Crippen LogP contribution in [0.2, 0.25) is 0 Å². The van der Waals surface area contributed by atoms with E-state index in [1.807, 2.05) is 6.20 Å². The maximum absolute atomic E-state index is 10.3. The highest BCUT2D eigenvalue weighted by atomic mass is 16.1. The predicted molar refractivity (Wildman–Crippen MR) is 60.6 cm³/mol. The Morgan fingerprint density at radius 3 is 2.73 bits per heavy atom. The Hall–Kier alpha value is -1.38. The van der Waals surface area contributed by atoms with Crippen molar-refractivity contribution < 1.29 is 4.79 Å². The number of aryl methyl sites for hydroxylation is 1. The molecule has 82 valence electrons. The fourth-order valence-corrected chi connectivity index (χ4v) is 1.49. The Morgan fingerprint density at radius 2 is 2.20 bits per heavy atom. The molecule has 0 radical (unpaired) electrons. The summed E-state index contributed by atoms with van der Waals surface area (Å²) >= 11 is 0. The third-order valence-corrected chi connectivity index (χ3v) is 2.45. The molecule has 0 aromatic carbocycles. The summed E-state index contributed by atoms with van der Waals surface area (Å²) in [7, 11) is 0. The monoisotopic (exact) mass is 206 g/mol. The minimum absolute atomic E-state index is 0.422. The lowest BCUT2D eigenvalue weighted by Gasteiger charge is -2.11. The first-order valence-corrected chi connectivity index (χ1v) is 5.33. The van der Waals surface area contributed by atoms with Gasteiger partial charge in [0.2, 0.25) is 6.41 Å². The minimum atomic E-state index is 0.422. The van der Waals surface area contributed by atoms with Crippen molar-refractivity contribution >= 4 is 6.41 Å². The molecule has 3 nitrogen and oxygen atoms in total. The molecular weight excluding hydrogens is 188 g/mol. The van der Waals surface area contributed by atoms with Gasteiger partial charge in [0.25, 0.3) is 0 Å². The van der Waals surface area contributed by atoms with E-state index in [-0.39, 0.29) is 0 Å². The molecule has 1 rings (SSSR count). The van der Waals surface area contributed by atoms with E-state index in [4.69, 9.17) is 0 Å². The number of hydrogen-bond donors (Lipinski definition) is 1. The summed E-state index contributed by atoms with van der Waals surface area (Å²) in [6.07, 6.45) is 3.59. The quantitative estimate of drug-likeness (QED) is 0.749. The Labute approximate surface area is 90.9 Å². The van der Waals surface area contributed by atoms with Crippen molar-refractivity contribution in [2.75, 3.05) is 0 Å². The number of nitrogens with zero attached hydrogens (tertiary/aromatic N) is 1. The zero-order valence-electron chi connectivity index (χ0n) is 9.58. The van der Waals surface area contributed by atoms with E-state index in [1.54, 1.807) is 0 Å². The van der Waals surface area contributed by atoms with Gasteiger partial charge in [-0.3, -0.25) is 9.78 Å². The van der Waals surface area contributed by atoms with Crippen LogP contribution in [0.3, 0.4) is 0 Å². The third kappa shape index (κ3) is 3.05. The second-order valence-corrected chi connectivity index (χ2v) is 3.88. The van der Waals surface area contributed by atoms with Crippen LogP contribution in [0.25, 0.3) is 0 Å². The zero-order valence-corrected chi connectivity index (χ0v) is 9.58. The van der Waals surface area contributed by atoms with Crippen LogP contribution in [0.5, 0.6) is 0 Å². The molecular formula is C12H18N2O. The number of nitrogens with one attached hydrogen (secondary N) is 1. The minimum Gasteiger partial charge on any atom is -0.355 e. The molecule has 0 saturated carbocycles. The van der Waals surface area contributed by atoms with E-state index in [0.29, 0.717) is 12.5 Å². The average molecular weight is 206 g/mol. The van der Waals surface area contributed by atoms with E-state index in [0.717, 1.165) is 18.5 Å². The predicted octanol–water partition coefficient (Wildman–Crippen LogP) is 2.01. The zero-order chi connectivity index (χ0) is 11.3. The van der Waals surface area contributed by atoms with Gasteiger partial charge in [0, 0.05) is 18.4 Å². The summed E-state index contributed by atoms with van der Waals surface area (Å²) in [6, 6.07) is 2.08. The molecule has 0 aliphatic carbocycles. The lowest BCUT2D eigenvalue weighted by molar-refractivity contribution is -0.109. The number of pyridine rings is 1. The summed E-state index contributed by atoms with van der Waals surface area (Å²) in [5.41, 5.74) is 3.45. The lowest BCUT2D eigenvalue weighted by atomic mass is 10.0. The summed E-state index contributed by atoms with van der Waals surface area (Å²) in [4.78, 5) is 14.7. The summed E-state index contributed by atoms with van der Waals surface area (Å²) in [6.45, 7) is 6.92. The highest BCUT2D eigenvalue weighted by molar-refractivity contribution is 5.46. The Morgan fingerprint density at radius 1 is 1.47 bits per heavy atom. The van der Waals surface area contributed by atoms with Crippen LogP contribution in [-0.2, 0) is 17.8 Å². The van der Waals surface area contributed by atoms with Crippen LogP contribution >= 0.6 is 0 Å². The topological polar surface area (TPSA) is 42.0 Å². The smallest absolute Gasteiger partial charge is 0.207 e. The summed E-state index contributed by atoms with van der Waals surface area (Å²) in [5, 5.41) is 2.70. The standard InChI is InChI=1S/C12H18N2O/c1-4-10-7-14-12(9(2)3)5-11(10)6-13-8-15/h5,7-9H,4,6H2,1-3H3,(H,13,15). The highest BCUT2D eigenvalue weighted by Crippen LogP contribution is 2.16. The van der Waals surface area contributed by atoms with Crippen molar-refractivity contribution in [2.45, 2.75) is 39.7 Å². The molecule has 1 N–H and O–H groups in total. The van der Waals surface area contributed by atoms with Crippen molar-refractivity contribution in [2.24, 2.45) is 0 Å². The molecule has 1 aromatic heterocycles. The van der Waals surface area contributed by atoms with Crippen LogP contribution in [0, 0.1) is 0 Å². The van der Waals surface area contributed by atoms with Crippen LogP contribution in [0.15, 0.2) is 12.3 Å². The van der Waals surface area contributed by atoms with Crippen molar-refractivity contribution in [3.8, 4) is 0 Å². The van der Waals surface area contributed by atoms with Crippen LogP contribution < -0.4 is 5.32 Å². The maximum atomic E-state index is 10.3. The number of carbonyl (C=O) groups excluding carboxylic acids is 1. The van der Waals surface area contributed by atoms with E-state index in [1.165, 1.54) is 11.1 Å². The Kier molecular flexibility index (Phi) is 4.28. The lowest BCUT2D eigenvalue weighted by Crippen LogP contribution is -2.12. The van der Waals surface area contributed by atoms with Crippen molar-refractivity contribution in [3.63, 3.8) is 0 Å². The van der Waals surface area contributed by atoms with Crippen LogP contribution in [0.4, 0.5) is 0 Å². The SMILES string of the molecule is CCc1cnc(C(C)C)cc1CNC=O. The summed E-state index contributed by atoms with van der Waals surface area (Å²) in [5.74, 6) is 0.422. The van der Waals surface area contributed by atoms with Gasteiger partial charge in [0.15, 0.2) is 0 Å². The van der Waals surface area contributed by atoms with E-state index in [2.05, 4.69) is 37.1 Å². The third-order valence-electron chi connectivity index (χ3n) is 2.45. The molecule has 0 aliphatic rings. The fourth-order valence-electron chi connectivity index (χ4n) is 1.49. The Bertz CT molecular complexity index is 334. The van der Waals surface area contributed by atoms with E-state index in [9.17, 15) is 4.79 Å². The number of carbonyl (C=O) groups is 1. The molecule has 3 heteroatoms. The molecule has 0 atom stereocenters. The number of hydrogen-bond acceptors (Lipinski definition) is 2. The van der Waals surface area contributed by atoms with Crippen LogP contribution in [0.1, 0.15) is 43.5 Å². The molecule has 0 fully saturated rings. The van der Waals surface area contributed by atoms with E-state index < -0.39 is 0 Å². The molecule has 0 unspecified atom stereocenters. The second kappa shape index (κ2) is 5.49. The summed E-state index contributed by atoms with van der Waals surface area (Å²) < 4.78 is 0. The van der Waals surface area contributed by atoms with Gasteiger partial charge < -0.3 is 5.32 Å². The van der Waals surface area contributed by atoms with Crippen molar-refractivity contribution in [1.29, 1.82) is 0 Å². The largest absolute Gasteiger partial charge is 0.355 e. The first-order chi connectivity index (χ1) is 7.19. The van der Waals surface area contributed by atoms with Crippen LogP contribution in [-0.4, -0.2) is 11.4 Å². The number of rotatable bonds is 5. The van der Waals surface area contributed by atoms with Gasteiger partial charge in [-0.05, 0) is 29.5 Å². The molecule has 15 heavy (non-hydrogen) atoms. The number of aromatic nitrogens is 1. The molecule has 1 aromatic rings. The number of amides is 1. The van der Waals surface area contributed by atoms with Gasteiger partial charge in [0.1, 0.15) is 0 Å². The van der Waals surface area contributed by atoms with Gasteiger partial charge >= 0.3 is 0 Å². The first-order valence-electron chi connectivity index (χ1n) is 5.33.